The minimum Gasteiger partial charge on any atom is -0.492 e. The van der Waals surface area contributed by atoms with Gasteiger partial charge in [-0.1, -0.05) is 12.1 Å². The molecule has 11 nitrogen and oxygen atoms in total. The molecule has 0 aliphatic rings. The average Bonchev–Trinajstić information content (AvgIpc) is 2.56. The molecule has 2 rings (SSSR count). The molecule has 0 aromatic heterocycles. The molecule has 130 valence electrons. The number of non-ortho nitro benzene ring substituents is 1. The van der Waals surface area contributed by atoms with Crippen LogP contribution in [-0.4, -0.2) is 21.4 Å². The average molecular weight is 348 g/mol. The van der Waals surface area contributed by atoms with Crippen molar-refractivity contribution in [3.05, 3.63) is 66.7 Å². The lowest BCUT2D eigenvalue weighted by molar-refractivity contribution is -0.401. The van der Waals surface area contributed by atoms with Gasteiger partial charge in [-0.15, -0.1) is 0 Å². The maximum Gasteiger partial charge on any atom is 0.306 e. The molecule has 0 aliphatic heterocycles. The van der Waals surface area contributed by atoms with Gasteiger partial charge in [0.1, 0.15) is 5.75 Å². The zero-order valence-electron chi connectivity index (χ0n) is 12.9. The van der Waals surface area contributed by atoms with Crippen LogP contribution in [0, 0.1) is 30.3 Å². The maximum absolute atomic E-state index is 11.3. The van der Waals surface area contributed by atoms with Crippen LogP contribution >= 0.6 is 0 Å². The minimum atomic E-state index is -0.933. The number of benzene rings is 2. The van der Waals surface area contributed by atoms with Gasteiger partial charge in [0, 0.05) is 0 Å². The second kappa shape index (κ2) is 7.21. The Bertz CT molecular complexity index is 818. The Labute approximate surface area is 140 Å². The summed E-state index contributed by atoms with van der Waals surface area (Å²) in [6, 6.07) is 7.69. The molecule has 0 fully saturated rings. The van der Waals surface area contributed by atoms with Gasteiger partial charge in [0.05, 0.1) is 39.2 Å². The molecule has 0 atom stereocenters. The fourth-order valence-corrected chi connectivity index (χ4v) is 2.10. The van der Waals surface area contributed by atoms with E-state index in [4.69, 9.17) is 4.74 Å². The van der Waals surface area contributed by atoms with Crippen molar-refractivity contribution in [3.8, 4) is 5.75 Å². The number of nitrogens with zero attached hydrogens (tertiary/aromatic N) is 3. The van der Waals surface area contributed by atoms with Crippen molar-refractivity contribution in [1.82, 2.24) is 0 Å². The van der Waals surface area contributed by atoms with E-state index in [1.165, 1.54) is 6.07 Å². The van der Waals surface area contributed by atoms with Gasteiger partial charge in [0.25, 0.3) is 5.69 Å². The molecule has 0 heterocycles. The fourth-order valence-electron chi connectivity index (χ4n) is 2.10. The number of rotatable bonds is 7. The molecule has 0 radical (unpaired) electrons. The molecule has 0 saturated carbocycles. The summed E-state index contributed by atoms with van der Waals surface area (Å²) >= 11 is 0. The Morgan fingerprint density at radius 1 is 0.960 bits per heavy atom. The molecule has 0 amide bonds. The summed E-state index contributed by atoms with van der Waals surface area (Å²) < 4.78 is 5.36. The van der Waals surface area contributed by atoms with Gasteiger partial charge in [-0.3, -0.25) is 30.3 Å². The largest absolute Gasteiger partial charge is 0.492 e. The van der Waals surface area contributed by atoms with Crippen LogP contribution in [0.15, 0.2) is 36.4 Å². The topological polar surface area (TPSA) is 151 Å². The first-order valence-electron chi connectivity index (χ1n) is 6.95. The van der Waals surface area contributed by atoms with Gasteiger partial charge in [0.15, 0.2) is 5.69 Å². The summed E-state index contributed by atoms with van der Waals surface area (Å²) in [7, 11) is 0. The summed E-state index contributed by atoms with van der Waals surface area (Å²) in [5, 5.41) is 36.0. The van der Waals surface area contributed by atoms with Gasteiger partial charge in [-0.25, -0.2) is 0 Å². The SMILES string of the molecule is CCOc1ccccc1Nc1c([N+](=O)[O-])cc([N+](=O)[O-])cc1[N+](=O)[O-]. The molecule has 25 heavy (non-hydrogen) atoms. The summed E-state index contributed by atoms with van der Waals surface area (Å²) in [6.45, 7) is 2.04. The molecule has 2 aromatic carbocycles. The van der Waals surface area contributed by atoms with Gasteiger partial charge in [0.2, 0.25) is 0 Å². The Hall–Kier alpha value is -3.76. The molecule has 1 N–H and O–H groups in total. The lowest BCUT2D eigenvalue weighted by atomic mass is 10.2. The first-order chi connectivity index (χ1) is 11.8. The molecule has 0 spiro atoms. The van der Waals surface area contributed by atoms with Crippen molar-refractivity contribution in [2.24, 2.45) is 0 Å². The zero-order chi connectivity index (χ0) is 18.6. The van der Waals surface area contributed by atoms with E-state index in [0.29, 0.717) is 24.5 Å². The third-order valence-electron chi connectivity index (χ3n) is 3.13. The number of ether oxygens (including phenoxy) is 1. The first kappa shape index (κ1) is 17.6. The quantitative estimate of drug-likeness (QED) is 0.589. The predicted molar refractivity (Wildman–Crippen MR) is 87.3 cm³/mol. The smallest absolute Gasteiger partial charge is 0.306 e. The minimum absolute atomic E-state index is 0.254. The van der Waals surface area contributed by atoms with Crippen molar-refractivity contribution in [1.29, 1.82) is 0 Å². The van der Waals surface area contributed by atoms with Crippen LogP contribution in [-0.2, 0) is 0 Å². The predicted octanol–water partition coefficient (Wildman–Crippen LogP) is 3.55. The number of hydrogen-bond acceptors (Lipinski definition) is 8. The highest BCUT2D eigenvalue weighted by atomic mass is 16.6. The molecule has 0 aliphatic carbocycles. The number of nitro groups is 3. The van der Waals surface area contributed by atoms with E-state index < -0.39 is 37.5 Å². The second-order valence-corrected chi connectivity index (χ2v) is 4.68. The van der Waals surface area contributed by atoms with E-state index in [0.717, 1.165) is 0 Å². The second-order valence-electron chi connectivity index (χ2n) is 4.68. The lowest BCUT2D eigenvalue weighted by Gasteiger charge is -2.12. The maximum atomic E-state index is 11.3. The number of hydrogen-bond donors (Lipinski definition) is 1. The van der Waals surface area contributed by atoms with Crippen LogP contribution in [0.1, 0.15) is 6.92 Å². The van der Waals surface area contributed by atoms with Crippen LogP contribution in [0.4, 0.5) is 28.4 Å². The van der Waals surface area contributed by atoms with Crippen molar-refractivity contribution < 1.29 is 19.5 Å². The summed E-state index contributed by atoms with van der Waals surface area (Å²) in [4.78, 5) is 30.6. The number of para-hydroxylation sites is 2. The van der Waals surface area contributed by atoms with Crippen LogP contribution in [0.5, 0.6) is 5.75 Å². The normalized spacial score (nSPS) is 10.1. The third-order valence-corrected chi connectivity index (χ3v) is 3.13. The molecule has 11 heteroatoms. The van der Waals surface area contributed by atoms with Crippen molar-refractivity contribution in [3.63, 3.8) is 0 Å². The molecule has 2 aromatic rings. The van der Waals surface area contributed by atoms with Crippen molar-refractivity contribution >= 4 is 28.4 Å². The Balaban J connectivity index is 2.65. The molecular formula is C14H12N4O7. The molecule has 0 bridgehead atoms. The van der Waals surface area contributed by atoms with Gasteiger partial charge in [-0.2, -0.15) is 0 Å². The van der Waals surface area contributed by atoms with Crippen molar-refractivity contribution in [2.45, 2.75) is 6.92 Å². The third kappa shape index (κ3) is 3.77. The number of nitrogens with one attached hydrogen (secondary N) is 1. The van der Waals surface area contributed by atoms with Crippen LogP contribution < -0.4 is 10.1 Å². The van der Waals surface area contributed by atoms with E-state index in [1.54, 1.807) is 25.1 Å². The summed E-state index contributed by atoms with van der Waals surface area (Å²) in [5.74, 6) is 0.326. The van der Waals surface area contributed by atoms with Crippen LogP contribution in [0.3, 0.4) is 0 Å². The Morgan fingerprint density at radius 2 is 1.52 bits per heavy atom. The van der Waals surface area contributed by atoms with Crippen LogP contribution in [0.2, 0.25) is 0 Å². The molecule has 0 saturated heterocycles. The summed E-state index contributed by atoms with van der Waals surface area (Å²) in [5.41, 5.74) is -2.53. The van der Waals surface area contributed by atoms with E-state index >= 15 is 0 Å². The van der Waals surface area contributed by atoms with E-state index in [9.17, 15) is 30.3 Å². The monoisotopic (exact) mass is 348 g/mol. The van der Waals surface area contributed by atoms with Crippen molar-refractivity contribution in [2.75, 3.05) is 11.9 Å². The van der Waals surface area contributed by atoms with Gasteiger partial charge in [-0.05, 0) is 19.1 Å². The number of anilines is 2. The van der Waals surface area contributed by atoms with Gasteiger partial charge >= 0.3 is 11.4 Å². The first-order valence-corrected chi connectivity index (χ1v) is 6.95. The highest BCUT2D eigenvalue weighted by Crippen LogP contribution is 2.41. The highest BCUT2D eigenvalue weighted by Gasteiger charge is 2.31. The Kier molecular flexibility index (Phi) is 5.07. The van der Waals surface area contributed by atoms with E-state index in [-0.39, 0.29) is 5.69 Å². The molecular weight excluding hydrogens is 336 g/mol. The van der Waals surface area contributed by atoms with Gasteiger partial charge < -0.3 is 10.1 Å². The number of nitro benzene ring substituents is 3. The van der Waals surface area contributed by atoms with E-state index in [2.05, 4.69) is 5.32 Å². The standard InChI is InChI=1S/C14H12N4O7/c1-2-25-13-6-4-3-5-10(13)15-14-11(17(21)22)7-9(16(19)20)8-12(14)18(23)24/h3-8,15H,2H2,1H3. The Morgan fingerprint density at radius 3 is 2.00 bits per heavy atom. The van der Waals surface area contributed by atoms with Crippen LogP contribution in [0.25, 0.3) is 0 Å². The molecule has 0 unspecified atom stereocenters. The highest BCUT2D eigenvalue weighted by molar-refractivity contribution is 5.82. The van der Waals surface area contributed by atoms with E-state index in [1.807, 2.05) is 0 Å². The summed E-state index contributed by atoms with van der Waals surface area (Å²) in [6.07, 6.45) is 0. The zero-order valence-corrected chi connectivity index (χ0v) is 12.9. The fraction of sp³-hybridized carbons (Fsp3) is 0.143. The lowest BCUT2D eigenvalue weighted by Crippen LogP contribution is -2.04.